The molecule has 0 aromatic rings. The standard InChI is InChI=1S/C16H33NO2/c1-6-17-14(11-10-13-9-8-12-19-13)15(18-7-2)16(3,4)5/h13-15,17H,6-12H2,1-5H3. The molecule has 114 valence electrons. The molecule has 1 rings (SSSR count). The fourth-order valence-electron chi connectivity index (χ4n) is 3.01. The van der Waals surface area contributed by atoms with Crippen LogP contribution in [0, 0.1) is 5.41 Å². The van der Waals surface area contributed by atoms with Crippen LogP contribution in [0.1, 0.15) is 60.3 Å². The minimum absolute atomic E-state index is 0.166. The van der Waals surface area contributed by atoms with Gasteiger partial charge in [0.2, 0.25) is 0 Å². The third-order valence-corrected chi connectivity index (χ3v) is 3.86. The number of nitrogens with one attached hydrogen (secondary N) is 1. The first-order valence-electron chi connectivity index (χ1n) is 7.95. The molecule has 0 spiro atoms. The zero-order valence-electron chi connectivity index (χ0n) is 13.5. The highest BCUT2D eigenvalue weighted by molar-refractivity contribution is 4.87. The molecule has 3 unspecified atom stereocenters. The van der Waals surface area contributed by atoms with E-state index in [4.69, 9.17) is 9.47 Å². The third kappa shape index (κ3) is 5.80. The highest BCUT2D eigenvalue weighted by atomic mass is 16.5. The second-order valence-electron chi connectivity index (χ2n) is 6.62. The van der Waals surface area contributed by atoms with Gasteiger partial charge in [0.25, 0.3) is 0 Å². The highest BCUT2D eigenvalue weighted by Crippen LogP contribution is 2.28. The van der Waals surface area contributed by atoms with Crippen LogP contribution in [-0.2, 0) is 9.47 Å². The van der Waals surface area contributed by atoms with Gasteiger partial charge in [-0.05, 0) is 44.6 Å². The average Bonchev–Trinajstić information content (AvgIpc) is 2.83. The predicted octanol–water partition coefficient (Wildman–Crippen LogP) is 3.37. The minimum atomic E-state index is 0.166. The summed E-state index contributed by atoms with van der Waals surface area (Å²) in [7, 11) is 0. The van der Waals surface area contributed by atoms with Crippen molar-refractivity contribution in [3.63, 3.8) is 0 Å². The second kappa shape index (κ2) is 8.23. The predicted molar refractivity (Wildman–Crippen MR) is 80.5 cm³/mol. The Labute approximate surface area is 119 Å². The molecule has 1 aliphatic heterocycles. The van der Waals surface area contributed by atoms with E-state index in [2.05, 4.69) is 39.9 Å². The zero-order valence-corrected chi connectivity index (χ0v) is 13.5. The van der Waals surface area contributed by atoms with Crippen LogP contribution in [0.2, 0.25) is 0 Å². The molecule has 3 heteroatoms. The van der Waals surface area contributed by atoms with Gasteiger partial charge in [-0.15, -0.1) is 0 Å². The van der Waals surface area contributed by atoms with Crippen molar-refractivity contribution < 1.29 is 9.47 Å². The topological polar surface area (TPSA) is 30.5 Å². The number of likely N-dealkylation sites (N-methyl/N-ethyl adjacent to an activating group) is 1. The molecule has 1 aliphatic rings. The maximum absolute atomic E-state index is 6.03. The first-order valence-corrected chi connectivity index (χ1v) is 7.95. The highest BCUT2D eigenvalue weighted by Gasteiger charge is 2.33. The Balaban J connectivity index is 2.55. The van der Waals surface area contributed by atoms with Crippen molar-refractivity contribution in [3.8, 4) is 0 Å². The molecule has 1 heterocycles. The molecule has 0 saturated carbocycles. The van der Waals surface area contributed by atoms with E-state index in [0.717, 1.165) is 32.6 Å². The first kappa shape index (κ1) is 16.9. The third-order valence-electron chi connectivity index (χ3n) is 3.86. The van der Waals surface area contributed by atoms with E-state index in [9.17, 15) is 0 Å². The van der Waals surface area contributed by atoms with Crippen molar-refractivity contribution in [2.24, 2.45) is 5.41 Å². The molecule has 0 amide bonds. The molecular formula is C16H33NO2. The van der Waals surface area contributed by atoms with E-state index in [-0.39, 0.29) is 11.5 Å². The summed E-state index contributed by atoms with van der Waals surface area (Å²) in [6.07, 6.45) is 5.48. The van der Waals surface area contributed by atoms with Crippen LogP contribution < -0.4 is 5.32 Å². The fourth-order valence-corrected chi connectivity index (χ4v) is 3.01. The summed E-state index contributed by atoms with van der Waals surface area (Å²) < 4.78 is 11.8. The first-order chi connectivity index (χ1) is 8.99. The van der Waals surface area contributed by atoms with Crippen molar-refractivity contribution in [1.29, 1.82) is 0 Å². The van der Waals surface area contributed by atoms with Gasteiger partial charge in [0.1, 0.15) is 0 Å². The number of hydrogen-bond acceptors (Lipinski definition) is 3. The monoisotopic (exact) mass is 271 g/mol. The summed E-state index contributed by atoms with van der Waals surface area (Å²) >= 11 is 0. The van der Waals surface area contributed by atoms with E-state index >= 15 is 0 Å². The summed E-state index contributed by atoms with van der Waals surface area (Å²) in [6, 6.07) is 0.425. The average molecular weight is 271 g/mol. The van der Waals surface area contributed by atoms with Crippen LogP contribution in [0.15, 0.2) is 0 Å². The lowest BCUT2D eigenvalue weighted by Gasteiger charge is -2.37. The summed E-state index contributed by atoms with van der Waals surface area (Å²) in [4.78, 5) is 0. The molecule has 0 aromatic carbocycles. The lowest BCUT2D eigenvalue weighted by molar-refractivity contribution is -0.0399. The summed E-state index contributed by atoms with van der Waals surface area (Å²) in [6.45, 7) is 13.8. The van der Waals surface area contributed by atoms with Crippen LogP contribution in [0.4, 0.5) is 0 Å². The van der Waals surface area contributed by atoms with Gasteiger partial charge in [-0.25, -0.2) is 0 Å². The summed E-state index contributed by atoms with van der Waals surface area (Å²) in [5, 5.41) is 3.62. The van der Waals surface area contributed by atoms with E-state index < -0.39 is 0 Å². The van der Waals surface area contributed by atoms with Gasteiger partial charge in [-0.2, -0.15) is 0 Å². The second-order valence-corrected chi connectivity index (χ2v) is 6.62. The Bertz CT molecular complexity index is 231. The van der Waals surface area contributed by atoms with Gasteiger partial charge < -0.3 is 14.8 Å². The van der Waals surface area contributed by atoms with E-state index in [1.54, 1.807) is 0 Å². The smallest absolute Gasteiger partial charge is 0.0775 e. The Morgan fingerprint density at radius 1 is 1.32 bits per heavy atom. The Kier molecular flexibility index (Phi) is 7.33. The van der Waals surface area contributed by atoms with Gasteiger partial charge in [0.05, 0.1) is 12.2 Å². The molecule has 0 aliphatic carbocycles. The lowest BCUT2D eigenvalue weighted by atomic mass is 9.82. The molecule has 1 N–H and O–H groups in total. The minimum Gasteiger partial charge on any atom is -0.378 e. The molecule has 3 nitrogen and oxygen atoms in total. The van der Waals surface area contributed by atoms with Gasteiger partial charge in [-0.3, -0.25) is 0 Å². The van der Waals surface area contributed by atoms with Gasteiger partial charge in [0, 0.05) is 19.3 Å². The summed E-state index contributed by atoms with van der Waals surface area (Å²) in [5.74, 6) is 0. The van der Waals surface area contributed by atoms with Crippen LogP contribution in [0.5, 0.6) is 0 Å². The number of hydrogen-bond donors (Lipinski definition) is 1. The SMILES string of the molecule is CCNC(CCC1CCCO1)C(OCC)C(C)(C)C. The van der Waals surface area contributed by atoms with Crippen LogP contribution in [0.25, 0.3) is 0 Å². The van der Waals surface area contributed by atoms with Gasteiger partial charge in [0.15, 0.2) is 0 Å². The largest absolute Gasteiger partial charge is 0.378 e. The summed E-state index contributed by atoms with van der Waals surface area (Å²) in [5.41, 5.74) is 0.166. The fraction of sp³-hybridized carbons (Fsp3) is 1.00. The molecule has 19 heavy (non-hydrogen) atoms. The van der Waals surface area contributed by atoms with Crippen molar-refractivity contribution >= 4 is 0 Å². The quantitative estimate of drug-likeness (QED) is 0.734. The number of rotatable bonds is 8. The Hall–Kier alpha value is -0.120. The van der Waals surface area contributed by atoms with E-state index in [0.29, 0.717) is 12.1 Å². The number of ether oxygens (including phenoxy) is 2. The molecule has 1 fully saturated rings. The van der Waals surface area contributed by atoms with Gasteiger partial charge in [-0.1, -0.05) is 27.7 Å². The molecule has 0 radical (unpaired) electrons. The van der Waals surface area contributed by atoms with E-state index in [1.165, 1.54) is 12.8 Å². The van der Waals surface area contributed by atoms with Crippen molar-refractivity contribution in [2.75, 3.05) is 19.8 Å². The van der Waals surface area contributed by atoms with Crippen molar-refractivity contribution in [1.82, 2.24) is 5.32 Å². The molecular weight excluding hydrogens is 238 g/mol. The van der Waals surface area contributed by atoms with E-state index in [1.807, 2.05) is 0 Å². The normalized spacial score (nSPS) is 23.5. The van der Waals surface area contributed by atoms with Crippen molar-refractivity contribution in [2.45, 2.75) is 78.6 Å². The Morgan fingerprint density at radius 3 is 2.53 bits per heavy atom. The molecule has 3 atom stereocenters. The molecule has 1 saturated heterocycles. The maximum Gasteiger partial charge on any atom is 0.0775 e. The van der Waals surface area contributed by atoms with Crippen LogP contribution in [0.3, 0.4) is 0 Å². The molecule has 0 aromatic heterocycles. The van der Waals surface area contributed by atoms with Crippen molar-refractivity contribution in [3.05, 3.63) is 0 Å². The van der Waals surface area contributed by atoms with Gasteiger partial charge >= 0.3 is 0 Å². The van der Waals surface area contributed by atoms with Crippen LogP contribution >= 0.6 is 0 Å². The zero-order chi connectivity index (χ0) is 14.3. The van der Waals surface area contributed by atoms with Crippen LogP contribution in [-0.4, -0.2) is 38.0 Å². The Morgan fingerprint density at radius 2 is 2.05 bits per heavy atom. The lowest BCUT2D eigenvalue weighted by Crippen LogP contribution is -2.48. The maximum atomic E-state index is 6.03. The molecule has 0 bridgehead atoms.